The average molecular weight is 657 g/mol. The van der Waals surface area contributed by atoms with E-state index in [2.05, 4.69) is 152 Å². The van der Waals surface area contributed by atoms with E-state index >= 15 is 0 Å². The summed E-state index contributed by atoms with van der Waals surface area (Å²) < 4.78 is 0. The summed E-state index contributed by atoms with van der Waals surface area (Å²) in [6, 6.07) is 37.1. The number of aryl methyl sites for hydroxylation is 8. The maximum atomic E-state index is 12.7. The number of rotatable bonds is 8. The molecule has 0 heterocycles. The monoisotopic (exact) mass is 656 g/mol. The molecule has 3 heteroatoms. The Morgan fingerprint density at radius 3 is 1.32 bits per heavy atom. The zero-order valence-corrected chi connectivity index (χ0v) is 31.2. The quantitative estimate of drug-likeness (QED) is 0.165. The van der Waals surface area contributed by atoms with Crippen LogP contribution in [0.2, 0.25) is 0 Å². The Morgan fingerprint density at radius 2 is 0.894 bits per heavy atom. The maximum Gasteiger partial charge on any atom is 0.0830 e. The van der Waals surface area contributed by atoms with E-state index in [4.69, 9.17) is 0 Å². The fraction of sp³-hybridized carbons (Fsp3) is 0.318. The fourth-order valence-electron chi connectivity index (χ4n) is 8.13. The van der Waals surface area contributed by atoms with Crippen molar-refractivity contribution in [3.63, 3.8) is 0 Å². The lowest BCUT2D eigenvalue weighted by molar-refractivity contribution is 0.114. The molecule has 0 radical (unpaired) electrons. The normalized spacial score (nSPS) is 17.1. The number of aliphatic hydroxyl groups is 1. The molecule has 0 aromatic heterocycles. The van der Waals surface area contributed by atoms with Crippen LogP contribution < -0.4 is 26.5 Å². The standard InChI is InChI=1S/C44H50OP2/c1-28-16-29(2)21-36(20-28)46(37-22-30(3)17-31(4)23-37)42-14-10-9-12-40(42)44(45)41-13-11-15-43(41)47(38-24-32(5)18-33(6)25-38)39-26-34(7)19-35(8)27-39/h9-10,12,14,16-27,41,43-45H,11,13,15H2,1-8H3/t41?,43?,44-/m1/s1. The smallest absolute Gasteiger partial charge is 0.0830 e. The molecule has 1 nitrogen and oxygen atoms in total. The molecule has 1 aliphatic rings. The van der Waals surface area contributed by atoms with Gasteiger partial charge < -0.3 is 5.11 Å². The van der Waals surface area contributed by atoms with Crippen LogP contribution in [0.5, 0.6) is 0 Å². The molecule has 1 fully saturated rings. The van der Waals surface area contributed by atoms with Crippen molar-refractivity contribution in [1.29, 1.82) is 0 Å². The molecule has 0 amide bonds. The van der Waals surface area contributed by atoms with Crippen LogP contribution >= 0.6 is 15.8 Å². The van der Waals surface area contributed by atoms with Crippen molar-refractivity contribution in [3.05, 3.63) is 147 Å². The SMILES string of the molecule is Cc1cc(C)cc(P(c2cc(C)cc(C)c2)c2ccccc2[C@@H](O)C2CCCC2P(c2cc(C)cc(C)c2)c2cc(C)cc(C)c2)c1. The number of hydrogen-bond acceptors (Lipinski definition) is 1. The predicted octanol–water partition coefficient (Wildman–Crippen LogP) is 9.25. The van der Waals surface area contributed by atoms with Crippen molar-refractivity contribution < 1.29 is 5.11 Å². The third-order valence-electron chi connectivity index (χ3n) is 9.66. The number of aliphatic hydroxyl groups excluding tert-OH is 1. The largest absolute Gasteiger partial charge is 0.388 e. The summed E-state index contributed by atoms with van der Waals surface area (Å²) in [5.41, 5.74) is 12.0. The van der Waals surface area contributed by atoms with E-state index in [-0.39, 0.29) is 5.92 Å². The van der Waals surface area contributed by atoms with Gasteiger partial charge in [0.15, 0.2) is 0 Å². The molecule has 47 heavy (non-hydrogen) atoms. The van der Waals surface area contributed by atoms with Gasteiger partial charge in [-0.05, 0) is 128 Å². The molecular weight excluding hydrogens is 606 g/mol. The van der Waals surface area contributed by atoms with Crippen molar-refractivity contribution in [1.82, 2.24) is 0 Å². The predicted molar refractivity (Wildman–Crippen MR) is 208 cm³/mol. The molecule has 5 aromatic rings. The van der Waals surface area contributed by atoms with Gasteiger partial charge in [-0.1, -0.05) is 148 Å². The lowest BCUT2D eigenvalue weighted by Crippen LogP contribution is -2.32. The Morgan fingerprint density at radius 1 is 0.511 bits per heavy atom. The van der Waals surface area contributed by atoms with Crippen LogP contribution in [0.1, 0.15) is 75.4 Å². The van der Waals surface area contributed by atoms with Gasteiger partial charge in [0.2, 0.25) is 0 Å². The second kappa shape index (κ2) is 14.2. The van der Waals surface area contributed by atoms with Crippen LogP contribution in [0.15, 0.2) is 97.1 Å². The third-order valence-corrected chi connectivity index (χ3v) is 15.0. The highest BCUT2D eigenvalue weighted by Gasteiger charge is 2.41. The molecule has 2 unspecified atom stereocenters. The highest BCUT2D eigenvalue weighted by atomic mass is 31.1. The van der Waals surface area contributed by atoms with E-state index < -0.39 is 21.9 Å². The van der Waals surface area contributed by atoms with E-state index in [0.29, 0.717) is 5.66 Å². The zero-order chi connectivity index (χ0) is 33.4. The summed E-state index contributed by atoms with van der Waals surface area (Å²) in [5.74, 6) is 0.194. The molecule has 242 valence electrons. The van der Waals surface area contributed by atoms with Crippen molar-refractivity contribution >= 4 is 42.4 Å². The van der Waals surface area contributed by atoms with Crippen LogP contribution in [0, 0.1) is 61.3 Å². The van der Waals surface area contributed by atoms with E-state index in [1.165, 1.54) is 71.0 Å². The van der Waals surface area contributed by atoms with E-state index in [1.807, 2.05) is 0 Å². The van der Waals surface area contributed by atoms with Crippen LogP contribution in [0.4, 0.5) is 0 Å². The summed E-state index contributed by atoms with van der Waals surface area (Å²) in [6.07, 6.45) is 2.84. The Kier molecular flexibility index (Phi) is 10.2. The minimum Gasteiger partial charge on any atom is -0.388 e. The van der Waals surface area contributed by atoms with Gasteiger partial charge >= 0.3 is 0 Å². The third kappa shape index (κ3) is 7.50. The molecule has 0 saturated heterocycles. The van der Waals surface area contributed by atoms with Gasteiger partial charge in [-0.2, -0.15) is 0 Å². The van der Waals surface area contributed by atoms with Gasteiger partial charge in [0, 0.05) is 0 Å². The minimum absolute atomic E-state index is 0.194. The molecule has 6 rings (SSSR count). The maximum absolute atomic E-state index is 12.7. The van der Waals surface area contributed by atoms with Gasteiger partial charge in [0.25, 0.3) is 0 Å². The molecule has 0 spiro atoms. The molecule has 0 aliphatic heterocycles. The molecule has 5 aromatic carbocycles. The Labute approximate surface area is 286 Å². The van der Waals surface area contributed by atoms with Crippen molar-refractivity contribution in [2.24, 2.45) is 5.92 Å². The zero-order valence-electron chi connectivity index (χ0n) is 29.4. The van der Waals surface area contributed by atoms with Crippen LogP contribution in [-0.2, 0) is 0 Å². The first-order valence-corrected chi connectivity index (χ1v) is 19.9. The Hall–Kier alpha value is -3.08. The molecule has 1 N–H and O–H groups in total. The second-order valence-corrected chi connectivity index (χ2v) is 18.9. The molecular formula is C44H50OP2. The van der Waals surface area contributed by atoms with Gasteiger partial charge in [-0.3, -0.25) is 0 Å². The first kappa shape index (κ1) is 33.8. The summed E-state index contributed by atoms with van der Waals surface area (Å²) in [7, 11) is -1.53. The van der Waals surface area contributed by atoms with E-state index in [0.717, 1.165) is 24.8 Å². The molecule has 3 atom stereocenters. The molecule has 0 bridgehead atoms. The summed E-state index contributed by atoms with van der Waals surface area (Å²) in [5, 5.41) is 19.6. The lowest BCUT2D eigenvalue weighted by Gasteiger charge is -2.35. The van der Waals surface area contributed by atoms with Crippen LogP contribution in [0.25, 0.3) is 0 Å². The number of hydrogen-bond donors (Lipinski definition) is 1. The van der Waals surface area contributed by atoms with Crippen LogP contribution in [-0.4, -0.2) is 10.8 Å². The van der Waals surface area contributed by atoms with Gasteiger partial charge in [0.1, 0.15) is 0 Å². The Balaban J connectivity index is 1.48. The first-order valence-electron chi connectivity index (χ1n) is 17.2. The highest BCUT2D eigenvalue weighted by Crippen LogP contribution is 2.54. The van der Waals surface area contributed by atoms with Crippen molar-refractivity contribution in [3.8, 4) is 0 Å². The minimum atomic E-state index is -0.868. The molecule has 1 aliphatic carbocycles. The fourth-order valence-corrected chi connectivity index (χ4v) is 14.6. The average Bonchev–Trinajstić information content (AvgIpc) is 3.45. The van der Waals surface area contributed by atoms with E-state index in [9.17, 15) is 5.11 Å². The highest BCUT2D eigenvalue weighted by molar-refractivity contribution is 7.80. The van der Waals surface area contributed by atoms with Crippen LogP contribution in [0.3, 0.4) is 0 Å². The van der Waals surface area contributed by atoms with Gasteiger partial charge in [-0.15, -0.1) is 0 Å². The summed E-state index contributed by atoms with van der Waals surface area (Å²) in [4.78, 5) is 0. The Bertz CT molecular complexity index is 1720. The second-order valence-electron chi connectivity index (χ2n) is 14.3. The lowest BCUT2D eigenvalue weighted by atomic mass is 9.94. The summed E-state index contributed by atoms with van der Waals surface area (Å²) in [6.45, 7) is 17.7. The van der Waals surface area contributed by atoms with Gasteiger partial charge in [-0.25, -0.2) is 0 Å². The van der Waals surface area contributed by atoms with Crippen molar-refractivity contribution in [2.45, 2.75) is 86.4 Å². The molecule has 1 saturated carbocycles. The topological polar surface area (TPSA) is 20.2 Å². The first-order chi connectivity index (χ1) is 22.5. The number of benzene rings is 5. The van der Waals surface area contributed by atoms with E-state index in [1.54, 1.807) is 0 Å². The van der Waals surface area contributed by atoms with Gasteiger partial charge in [0.05, 0.1) is 6.10 Å². The summed E-state index contributed by atoms with van der Waals surface area (Å²) >= 11 is 0. The van der Waals surface area contributed by atoms with Crippen molar-refractivity contribution in [2.75, 3.05) is 0 Å².